The minimum absolute atomic E-state index is 0.0615. The Kier molecular flexibility index (Phi) is 12.7. The smallest absolute Gasteiger partial charge is 0.229 e. The van der Waals surface area contributed by atoms with Gasteiger partial charge in [-0.25, -0.2) is 0 Å². The monoisotopic (exact) mass is 747 g/mol. The number of rotatable bonds is 10. The van der Waals surface area contributed by atoms with Crippen LogP contribution in [-0.4, -0.2) is 49.9 Å². The lowest BCUT2D eigenvalue weighted by atomic mass is 9.98. The Morgan fingerprint density at radius 3 is 1.41 bits per heavy atom. The van der Waals surface area contributed by atoms with Crippen molar-refractivity contribution in [3.05, 3.63) is 38.3 Å². The molecule has 46 heavy (non-hydrogen) atoms. The molecule has 3 saturated carbocycles. The van der Waals surface area contributed by atoms with Crippen LogP contribution in [0.25, 0.3) is 0 Å². The first kappa shape index (κ1) is 36.7. The van der Waals surface area contributed by atoms with E-state index in [2.05, 4.69) is 36.3 Å². The number of nitrogens with zero attached hydrogens (tertiary/aromatic N) is 4. The maximum Gasteiger partial charge on any atom is 0.229 e. The number of anilines is 3. The minimum Gasteiger partial charge on any atom is -0.326 e. The third-order valence-corrected chi connectivity index (χ3v) is 11.7. The van der Waals surface area contributed by atoms with E-state index in [0.717, 1.165) is 48.5 Å². The zero-order valence-corrected chi connectivity index (χ0v) is 30.6. The van der Waals surface area contributed by atoms with Gasteiger partial charge in [-0.2, -0.15) is 0 Å². The molecule has 0 radical (unpaired) electrons. The number of alkyl halides is 2. The Balaban J connectivity index is 0.000000157. The molecule has 0 bridgehead atoms. The Morgan fingerprint density at radius 1 is 0.674 bits per heavy atom. The lowest BCUT2D eigenvalue weighted by Gasteiger charge is -2.16. The fourth-order valence-electron chi connectivity index (χ4n) is 3.48. The van der Waals surface area contributed by atoms with Crippen molar-refractivity contribution in [3.8, 4) is 0 Å². The summed E-state index contributed by atoms with van der Waals surface area (Å²) >= 11 is 26.1. The summed E-state index contributed by atoms with van der Waals surface area (Å²) in [6, 6.07) is 5.07. The normalized spacial score (nSPS) is 15.9. The van der Waals surface area contributed by atoms with Gasteiger partial charge in [0.1, 0.15) is 10.0 Å². The van der Waals surface area contributed by atoms with E-state index >= 15 is 0 Å². The summed E-state index contributed by atoms with van der Waals surface area (Å²) in [5.74, 6) is 1.74. The number of benzene rings is 1. The van der Waals surface area contributed by atoms with E-state index < -0.39 is 0 Å². The van der Waals surface area contributed by atoms with Gasteiger partial charge in [-0.1, -0.05) is 73.6 Å². The first-order chi connectivity index (χ1) is 21.7. The summed E-state index contributed by atoms with van der Waals surface area (Å²) < 4.78 is 0. The first-order valence-corrected chi connectivity index (χ1v) is 18.4. The number of carbonyl (C=O) groups excluding carboxylic acids is 3. The summed E-state index contributed by atoms with van der Waals surface area (Å²) in [6.45, 7) is 8.03. The Hall–Kier alpha value is -2.09. The van der Waals surface area contributed by atoms with Gasteiger partial charge >= 0.3 is 0 Å². The molecule has 2 heterocycles. The highest BCUT2D eigenvalue weighted by atomic mass is 35.5. The van der Waals surface area contributed by atoms with Crippen LogP contribution in [0.4, 0.5) is 16.0 Å². The van der Waals surface area contributed by atoms with Gasteiger partial charge in [0.15, 0.2) is 0 Å². The molecule has 0 saturated heterocycles. The van der Waals surface area contributed by atoms with E-state index in [4.69, 9.17) is 46.4 Å². The second-order valence-electron chi connectivity index (χ2n) is 12.8. The number of hydrogen-bond donors (Lipinski definition) is 3. The van der Waals surface area contributed by atoms with Crippen molar-refractivity contribution >= 4 is 103 Å². The summed E-state index contributed by atoms with van der Waals surface area (Å²) in [5, 5.41) is 28.2. The number of nitrogens with one attached hydrogen (secondary N) is 3. The molecule has 3 N–H and O–H groups in total. The highest BCUT2D eigenvalue weighted by molar-refractivity contribution is 7.15. The van der Waals surface area contributed by atoms with Crippen LogP contribution < -0.4 is 16.0 Å². The average Bonchev–Trinajstić information content (AvgIpc) is 3.91. The molecular weight excluding hydrogens is 712 g/mol. The molecule has 0 unspecified atom stereocenters. The summed E-state index contributed by atoms with van der Waals surface area (Å²) in [5.41, 5.74) is 0.320. The molecule has 1 aromatic carbocycles. The van der Waals surface area contributed by atoms with Gasteiger partial charge in [-0.05, 0) is 56.7 Å². The summed E-state index contributed by atoms with van der Waals surface area (Å²) in [6.07, 6.45) is 5.95. The first-order valence-electron chi connectivity index (χ1n) is 14.9. The number of halogens is 4. The highest BCUT2D eigenvalue weighted by Gasteiger charge is 2.32. The second kappa shape index (κ2) is 15.9. The molecular formula is C30H37Cl4N7O3S2. The van der Waals surface area contributed by atoms with Gasteiger partial charge < -0.3 is 16.0 Å². The lowest BCUT2D eigenvalue weighted by Crippen LogP contribution is -2.18. The predicted molar refractivity (Wildman–Crippen MR) is 188 cm³/mol. The molecule has 3 aliphatic carbocycles. The van der Waals surface area contributed by atoms with E-state index in [-0.39, 0.29) is 46.3 Å². The summed E-state index contributed by atoms with van der Waals surface area (Å²) in [7, 11) is 0. The zero-order chi connectivity index (χ0) is 33.6. The molecule has 3 amide bonds. The third kappa shape index (κ3) is 11.0. The number of hydrogen-bond acceptors (Lipinski definition) is 9. The molecule has 0 spiro atoms. The topological polar surface area (TPSA) is 139 Å². The maximum absolute atomic E-state index is 11.5. The van der Waals surface area contributed by atoms with Crippen LogP contribution in [0.15, 0.2) is 18.2 Å². The molecule has 0 atom stereocenters. The quantitative estimate of drug-likeness (QED) is 0.178. The van der Waals surface area contributed by atoms with Gasteiger partial charge in [0.05, 0.1) is 10.0 Å². The fraction of sp³-hybridized carbons (Fsp3) is 0.567. The Labute approximate surface area is 296 Å². The second-order valence-corrected chi connectivity index (χ2v) is 16.1. The zero-order valence-electron chi connectivity index (χ0n) is 26.0. The van der Waals surface area contributed by atoms with E-state index in [1.54, 1.807) is 18.2 Å². The van der Waals surface area contributed by atoms with Crippen LogP contribution in [0.1, 0.15) is 76.2 Å². The minimum atomic E-state index is -0.193. The van der Waals surface area contributed by atoms with Crippen LogP contribution in [0.2, 0.25) is 10.0 Å². The number of aromatic nitrogens is 4. The lowest BCUT2D eigenvalue weighted by molar-refractivity contribution is -0.118. The van der Waals surface area contributed by atoms with Crippen molar-refractivity contribution in [2.24, 2.45) is 17.8 Å². The summed E-state index contributed by atoms with van der Waals surface area (Å²) in [4.78, 5) is 34.4. The van der Waals surface area contributed by atoms with Gasteiger partial charge in [0.25, 0.3) is 0 Å². The van der Waals surface area contributed by atoms with E-state index in [1.165, 1.54) is 22.7 Å². The van der Waals surface area contributed by atoms with Crippen molar-refractivity contribution in [2.75, 3.05) is 27.7 Å². The van der Waals surface area contributed by atoms with E-state index in [1.807, 2.05) is 27.7 Å². The van der Waals surface area contributed by atoms with Gasteiger partial charge in [0, 0.05) is 46.0 Å². The maximum atomic E-state index is 11.5. The molecule has 3 aliphatic rings. The third-order valence-electron chi connectivity index (χ3n) is 7.17. The van der Waals surface area contributed by atoms with Crippen LogP contribution in [0.3, 0.4) is 0 Å². The number of carbonyl (C=O) groups is 3. The molecule has 3 fully saturated rings. The Morgan fingerprint density at radius 2 is 1.07 bits per heavy atom. The van der Waals surface area contributed by atoms with Crippen molar-refractivity contribution < 1.29 is 14.4 Å². The van der Waals surface area contributed by atoms with Crippen molar-refractivity contribution in [3.63, 3.8) is 0 Å². The fourth-order valence-corrected chi connectivity index (χ4v) is 5.88. The van der Waals surface area contributed by atoms with E-state index in [0.29, 0.717) is 37.8 Å². The van der Waals surface area contributed by atoms with Crippen LogP contribution in [0, 0.1) is 17.8 Å². The standard InChI is InChI=1S/C10H9Cl2NO.2C10H14ClN3OS/c11-8-4-3-7(5-9(8)12)13-10(14)6-1-2-6;2*1-10(2,5-11)8-13-14-9(16-8)12-7(15)6-3-4-6/h3-6H,1-2H2,(H,13,14);2*6H,3-5H2,1-2H3,(H,12,14,15). The van der Waals surface area contributed by atoms with Crippen LogP contribution in [-0.2, 0) is 25.2 Å². The number of amides is 3. The Bertz CT molecular complexity index is 1460. The molecule has 10 nitrogen and oxygen atoms in total. The average molecular weight is 750 g/mol. The molecule has 250 valence electrons. The van der Waals surface area contributed by atoms with E-state index in [9.17, 15) is 14.4 Å². The molecule has 2 aromatic heterocycles. The van der Waals surface area contributed by atoms with Crippen LogP contribution in [0.5, 0.6) is 0 Å². The predicted octanol–water partition coefficient (Wildman–Crippen LogP) is 8.15. The largest absolute Gasteiger partial charge is 0.326 e. The van der Waals surface area contributed by atoms with Crippen molar-refractivity contribution in [2.45, 2.75) is 77.0 Å². The SMILES string of the molecule is CC(C)(CCl)c1nnc(NC(=O)C2CC2)s1.CC(C)(CCl)c1nnc(NC(=O)C2CC2)s1.O=C(Nc1ccc(Cl)c(Cl)c1)C1CC1. The molecule has 3 aromatic rings. The van der Waals surface area contributed by atoms with Gasteiger partial charge in [-0.15, -0.1) is 43.6 Å². The molecule has 16 heteroatoms. The van der Waals surface area contributed by atoms with Crippen molar-refractivity contribution in [1.29, 1.82) is 0 Å². The van der Waals surface area contributed by atoms with Gasteiger partial charge in [0.2, 0.25) is 28.0 Å². The van der Waals surface area contributed by atoms with Crippen molar-refractivity contribution in [1.82, 2.24) is 20.4 Å². The molecule has 6 rings (SSSR count). The molecule has 0 aliphatic heterocycles. The van der Waals surface area contributed by atoms with Crippen LogP contribution >= 0.6 is 69.1 Å². The highest BCUT2D eigenvalue weighted by Crippen LogP contribution is 2.35. The van der Waals surface area contributed by atoms with Gasteiger partial charge in [-0.3, -0.25) is 14.4 Å².